The van der Waals surface area contributed by atoms with E-state index in [4.69, 9.17) is 4.74 Å². The molecule has 104 valence electrons. The number of esters is 1. The number of carbonyl (C=O) groups is 1. The predicted octanol–water partition coefficient (Wildman–Crippen LogP) is 2.93. The van der Waals surface area contributed by atoms with E-state index < -0.39 is 0 Å². The third-order valence-corrected chi connectivity index (χ3v) is 3.85. The first-order valence-electron chi connectivity index (χ1n) is 7.08. The van der Waals surface area contributed by atoms with Crippen molar-refractivity contribution >= 4 is 5.97 Å². The molecule has 0 saturated heterocycles. The Labute approximate surface area is 114 Å². The average molecular weight is 262 g/mol. The highest BCUT2D eigenvalue weighted by Gasteiger charge is 2.29. The molecule has 1 fully saturated rings. The van der Waals surface area contributed by atoms with E-state index in [1.54, 1.807) is 0 Å². The topological polar surface area (TPSA) is 52.1 Å². The molecule has 1 aromatic heterocycles. The van der Waals surface area contributed by atoms with Crippen molar-refractivity contribution in [2.45, 2.75) is 52.4 Å². The van der Waals surface area contributed by atoms with Crippen LogP contribution in [0.1, 0.15) is 55.6 Å². The molecule has 0 unspecified atom stereocenters. The second-order valence-corrected chi connectivity index (χ2v) is 5.28. The molecule has 4 nitrogen and oxygen atoms in total. The van der Waals surface area contributed by atoms with E-state index in [1.165, 1.54) is 0 Å². The summed E-state index contributed by atoms with van der Waals surface area (Å²) < 4.78 is 5.10. The number of carbonyl (C=O) groups excluding carboxylic acids is 1. The van der Waals surface area contributed by atoms with Gasteiger partial charge in [-0.2, -0.15) is 0 Å². The van der Waals surface area contributed by atoms with Crippen molar-refractivity contribution in [1.82, 2.24) is 9.97 Å². The molecule has 19 heavy (non-hydrogen) atoms. The first-order valence-corrected chi connectivity index (χ1v) is 7.08. The Kier molecular flexibility index (Phi) is 4.51. The maximum atomic E-state index is 11.7. The summed E-state index contributed by atoms with van der Waals surface area (Å²) in [5.74, 6) is 0.486. The predicted molar refractivity (Wildman–Crippen MR) is 72.8 cm³/mol. The SMILES string of the molecule is CCOC(=O)[C@H]1CC[C@H](c2nc(C)cnc2C)CC1. The van der Waals surface area contributed by atoms with Gasteiger partial charge in [-0.3, -0.25) is 14.8 Å². The molecule has 0 aliphatic heterocycles. The molecule has 1 aliphatic rings. The fourth-order valence-corrected chi connectivity index (χ4v) is 2.81. The Bertz CT molecular complexity index is 451. The molecule has 0 spiro atoms. The molecule has 0 aromatic carbocycles. The van der Waals surface area contributed by atoms with E-state index in [1.807, 2.05) is 27.0 Å². The highest BCUT2D eigenvalue weighted by Crippen LogP contribution is 2.36. The van der Waals surface area contributed by atoms with Crippen LogP contribution in [0.2, 0.25) is 0 Å². The number of ether oxygens (including phenoxy) is 1. The maximum absolute atomic E-state index is 11.7. The number of hydrogen-bond donors (Lipinski definition) is 0. The van der Waals surface area contributed by atoms with Crippen molar-refractivity contribution in [3.8, 4) is 0 Å². The van der Waals surface area contributed by atoms with Gasteiger partial charge in [0.25, 0.3) is 0 Å². The minimum absolute atomic E-state index is 0.0343. The number of hydrogen-bond acceptors (Lipinski definition) is 4. The smallest absolute Gasteiger partial charge is 0.308 e. The Morgan fingerprint density at radius 1 is 1.32 bits per heavy atom. The van der Waals surface area contributed by atoms with E-state index >= 15 is 0 Å². The zero-order valence-electron chi connectivity index (χ0n) is 12.0. The van der Waals surface area contributed by atoms with Crippen LogP contribution >= 0.6 is 0 Å². The molecular weight excluding hydrogens is 240 g/mol. The van der Waals surface area contributed by atoms with Gasteiger partial charge in [0.15, 0.2) is 0 Å². The Morgan fingerprint density at radius 3 is 2.63 bits per heavy atom. The molecule has 1 aromatic rings. The Morgan fingerprint density at radius 2 is 2.00 bits per heavy atom. The van der Waals surface area contributed by atoms with Crippen LogP contribution < -0.4 is 0 Å². The molecule has 1 aliphatic carbocycles. The lowest BCUT2D eigenvalue weighted by atomic mass is 9.80. The van der Waals surface area contributed by atoms with E-state index in [9.17, 15) is 4.79 Å². The van der Waals surface area contributed by atoms with Crippen LogP contribution in [-0.2, 0) is 9.53 Å². The Balaban J connectivity index is 2.00. The number of nitrogens with zero attached hydrogens (tertiary/aromatic N) is 2. The fourth-order valence-electron chi connectivity index (χ4n) is 2.81. The highest BCUT2D eigenvalue weighted by molar-refractivity contribution is 5.72. The van der Waals surface area contributed by atoms with E-state index in [0.29, 0.717) is 12.5 Å². The highest BCUT2D eigenvalue weighted by atomic mass is 16.5. The van der Waals surface area contributed by atoms with Crippen molar-refractivity contribution < 1.29 is 9.53 Å². The summed E-state index contributed by atoms with van der Waals surface area (Å²) in [4.78, 5) is 20.7. The summed E-state index contributed by atoms with van der Waals surface area (Å²) in [7, 11) is 0. The second kappa shape index (κ2) is 6.13. The molecule has 0 radical (unpaired) electrons. The first kappa shape index (κ1) is 14.0. The van der Waals surface area contributed by atoms with Gasteiger partial charge < -0.3 is 4.74 Å². The van der Waals surface area contributed by atoms with Gasteiger partial charge in [0.2, 0.25) is 0 Å². The van der Waals surface area contributed by atoms with Crippen LogP contribution in [0.4, 0.5) is 0 Å². The number of aryl methyl sites for hydroxylation is 2. The summed E-state index contributed by atoms with van der Waals surface area (Å²) in [5.41, 5.74) is 3.10. The van der Waals surface area contributed by atoms with Gasteiger partial charge in [-0.15, -0.1) is 0 Å². The molecule has 0 N–H and O–H groups in total. The zero-order valence-corrected chi connectivity index (χ0v) is 12.0. The standard InChI is InChI=1S/C15H22N2O2/c1-4-19-15(18)13-7-5-12(6-8-13)14-11(3)16-9-10(2)17-14/h9,12-13H,4-8H2,1-3H3/t12-,13-. The lowest BCUT2D eigenvalue weighted by Gasteiger charge is -2.27. The molecule has 4 heteroatoms. The minimum Gasteiger partial charge on any atom is -0.466 e. The van der Waals surface area contributed by atoms with Crippen LogP contribution in [0.15, 0.2) is 6.20 Å². The quantitative estimate of drug-likeness (QED) is 0.786. The van der Waals surface area contributed by atoms with Crippen molar-refractivity contribution in [2.24, 2.45) is 5.92 Å². The average Bonchev–Trinajstić information content (AvgIpc) is 2.42. The lowest BCUT2D eigenvalue weighted by molar-refractivity contribution is -0.149. The van der Waals surface area contributed by atoms with Crippen molar-refractivity contribution in [3.05, 3.63) is 23.3 Å². The van der Waals surface area contributed by atoms with Crippen molar-refractivity contribution in [1.29, 1.82) is 0 Å². The third-order valence-electron chi connectivity index (χ3n) is 3.85. The van der Waals surface area contributed by atoms with Gasteiger partial charge in [0, 0.05) is 12.1 Å². The van der Waals surface area contributed by atoms with E-state index in [-0.39, 0.29) is 11.9 Å². The largest absolute Gasteiger partial charge is 0.466 e. The van der Waals surface area contributed by atoms with Crippen molar-refractivity contribution in [2.75, 3.05) is 6.61 Å². The van der Waals surface area contributed by atoms with Gasteiger partial charge in [-0.05, 0) is 46.5 Å². The van der Waals surface area contributed by atoms with Crippen LogP contribution in [0, 0.1) is 19.8 Å². The number of aromatic nitrogens is 2. The third kappa shape index (κ3) is 3.31. The van der Waals surface area contributed by atoms with Crippen LogP contribution in [0.5, 0.6) is 0 Å². The van der Waals surface area contributed by atoms with Gasteiger partial charge in [0.1, 0.15) is 0 Å². The first-order chi connectivity index (χ1) is 9.11. The summed E-state index contributed by atoms with van der Waals surface area (Å²) in [6, 6.07) is 0. The molecule has 1 heterocycles. The monoisotopic (exact) mass is 262 g/mol. The second-order valence-electron chi connectivity index (χ2n) is 5.28. The van der Waals surface area contributed by atoms with Crippen LogP contribution in [-0.4, -0.2) is 22.5 Å². The number of rotatable bonds is 3. The fraction of sp³-hybridized carbons (Fsp3) is 0.667. The molecule has 2 rings (SSSR count). The zero-order chi connectivity index (χ0) is 13.8. The minimum atomic E-state index is -0.0343. The molecular formula is C15H22N2O2. The summed E-state index contributed by atoms with van der Waals surface area (Å²) >= 11 is 0. The van der Waals surface area contributed by atoms with Crippen LogP contribution in [0.25, 0.3) is 0 Å². The van der Waals surface area contributed by atoms with Crippen molar-refractivity contribution in [3.63, 3.8) is 0 Å². The molecule has 0 atom stereocenters. The van der Waals surface area contributed by atoms with Gasteiger partial charge in [0.05, 0.1) is 29.6 Å². The van der Waals surface area contributed by atoms with E-state index in [2.05, 4.69) is 9.97 Å². The molecule has 0 bridgehead atoms. The van der Waals surface area contributed by atoms with Gasteiger partial charge in [-0.25, -0.2) is 0 Å². The van der Waals surface area contributed by atoms with Gasteiger partial charge in [-0.1, -0.05) is 0 Å². The van der Waals surface area contributed by atoms with Gasteiger partial charge >= 0.3 is 5.97 Å². The molecule has 0 amide bonds. The lowest BCUT2D eigenvalue weighted by Crippen LogP contribution is -2.24. The normalized spacial score (nSPS) is 23.1. The van der Waals surface area contributed by atoms with E-state index in [0.717, 1.165) is 42.8 Å². The van der Waals surface area contributed by atoms with Crippen LogP contribution in [0.3, 0.4) is 0 Å². The summed E-state index contributed by atoms with van der Waals surface area (Å²) in [5, 5.41) is 0. The summed E-state index contributed by atoms with van der Waals surface area (Å²) in [6.45, 7) is 6.32. The Hall–Kier alpha value is -1.45. The maximum Gasteiger partial charge on any atom is 0.308 e. The summed E-state index contributed by atoms with van der Waals surface area (Å²) in [6.07, 6.45) is 5.62. The molecule has 1 saturated carbocycles.